The minimum absolute atomic E-state index is 0.108. The number of rotatable bonds is 6. The molecule has 0 saturated heterocycles. The second kappa shape index (κ2) is 9.05. The van der Waals surface area contributed by atoms with Crippen molar-refractivity contribution in [1.82, 2.24) is 16.0 Å². The molecule has 0 heterocycles. The molecule has 0 radical (unpaired) electrons. The minimum Gasteiger partial charge on any atom is -0.357 e. The van der Waals surface area contributed by atoms with Crippen LogP contribution in [-0.2, 0) is 4.79 Å². The van der Waals surface area contributed by atoms with E-state index in [2.05, 4.69) is 27.5 Å². The van der Waals surface area contributed by atoms with E-state index in [1.165, 1.54) is 0 Å². The lowest BCUT2D eigenvalue weighted by Crippen LogP contribution is -2.38. The molecule has 15 heavy (non-hydrogen) atoms. The van der Waals surface area contributed by atoms with Crippen molar-refractivity contribution < 1.29 is 4.79 Å². The molecular weight excluding hydrogens is 192 g/mol. The molecular formula is C10H20N4O. The van der Waals surface area contributed by atoms with Crippen molar-refractivity contribution in [1.29, 1.82) is 0 Å². The molecule has 86 valence electrons. The van der Waals surface area contributed by atoms with Crippen LogP contribution < -0.4 is 16.0 Å². The number of nitrogens with zero attached hydrogens (tertiary/aromatic N) is 1. The Kier molecular flexibility index (Phi) is 8.13. The van der Waals surface area contributed by atoms with E-state index in [-0.39, 0.29) is 12.5 Å². The fourth-order valence-electron chi connectivity index (χ4n) is 0.902. The number of carbonyl (C=O) groups is 1. The molecule has 0 aromatic rings. The second-order valence-electron chi connectivity index (χ2n) is 2.82. The predicted octanol–water partition coefficient (Wildman–Crippen LogP) is -0.136. The summed E-state index contributed by atoms with van der Waals surface area (Å²) in [5.41, 5.74) is 0. The molecule has 3 N–H and O–H groups in total. The van der Waals surface area contributed by atoms with E-state index in [9.17, 15) is 4.79 Å². The molecule has 0 spiro atoms. The van der Waals surface area contributed by atoms with E-state index in [0.29, 0.717) is 12.5 Å². The normalized spacial score (nSPS) is 8.93. The molecule has 0 bridgehead atoms. The van der Waals surface area contributed by atoms with Crippen LogP contribution in [0.3, 0.4) is 0 Å². The minimum atomic E-state index is -0.108. The third-order valence-corrected chi connectivity index (χ3v) is 1.51. The second-order valence-corrected chi connectivity index (χ2v) is 2.82. The number of carbonyl (C=O) groups excluding carboxylic acids is 1. The zero-order chi connectivity index (χ0) is 11.5. The van der Waals surface area contributed by atoms with Gasteiger partial charge in [-0.1, -0.05) is 6.08 Å². The van der Waals surface area contributed by atoms with Crippen molar-refractivity contribution in [3.8, 4) is 0 Å². The summed E-state index contributed by atoms with van der Waals surface area (Å²) in [6.45, 7) is 9.63. The molecule has 5 heteroatoms. The Bertz CT molecular complexity index is 217. The standard InChI is InChI=1S/C10H20N4O/c1-4-7-13-9(15)8-14-10(11-5-2)12-6-3/h4H,1,5-8H2,2-3H3,(H,13,15)(H2,11,12,14). The van der Waals surface area contributed by atoms with E-state index < -0.39 is 0 Å². The van der Waals surface area contributed by atoms with Crippen LogP contribution in [0.5, 0.6) is 0 Å². The highest BCUT2D eigenvalue weighted by Crippen LogP contribution is 1.75. The van der Waals surface area contributed by atoms with Crippen LogP contribution in [0.4, 0.5) is 0 Å². The van der Waals surface area contributed by atoms with Crippen LogP contribution in [0.2, 0.25) is 0 Å². The number of nitrogens with one attached hydrogen (secondary N) is 3. The van der Waals surface area contributed by atoms with Crippen molar-refractivity contribution in [3.63, 3.8) is 0 Å². The quantitative estimate of drug-likeness (QED) is 0.326. The van der Waals surface area contributed by atoms with Crippen LogP contribution in [0.25, 0.3) is 0 Å². The molecule has 0 atom stereocenters. The molecule has 0 aliphatic rings. The lowest BCUT2D eigenvalue weighted by molar-refractivity contribution is -0.119. The zero-order valence-electron chi connectivity index (χ0n) is 9.47. The highest BCUT2D eigenvalue weighted by molar-refractivity contribution is 5.84. The Balaban J connectivity index is 3.95. The molecule has 0 aromatic carbocycles. The molecule has 0 saturated carbocycles. The molecule has 0 rings (SSSR count). The lowest BCUT2D eigenvalue weighted by atomic mass is 10.5. The van der Waals surface area contributed by atoms with E-state index in [0.717, 1.165) is 13.1 Å². The molecule has 5 nitrogen and oxygen atoms in total. The van der Waals surface area contributed by atoms with E-state index in [4.69, 9.17) is 0 Å². The first-order chi connectivity index (χ1) is 7.24. The van der Waals surface area contributed by atoms with Gasteiger partial charge in [-0.05, 0) is 13.8 Å². The fraction of sp³-hybridized carbons (Fsp3) is 0.600. The van der Waals surface area contributed by atoms with Crippen molar-refractivity contribution in [2.24, 2.45) is 4.99 Å². The first-order valence-corrected chi connectivity index (χ1v) is 5.14. The van der Waals surface area contributed by atoms with Gasteiger partial charge in [-0.3, -0.25) is 4.79 Å². The highest BCUT2D eigenvalue weighted by atomic mass is 16.1. The van der Waals surface area contributed by atoms with Crippen molar-refractivity contribution in [2.75, 3.05) is 26.2 Å². The van der Waals surface area contributed by atoms with Gasteiger partial charge in [0.15, 0.2) is 5.96 Å². The third kappa shape index (κ3) is 7.54. The number of hydrogen-bond acceptors (Lipinski definition) is 2. The summed E-state index contributed by atoms with van der Waals surface area (Å²) < 4.78 is 0. The molecule has 0 fully saturated rings. The van der Waals surface area contributed by atoms with Crippen LogP contribution >= 0.6 is 0 Å². The average Bonchev–Trinajstić information content (AvgIpc) is 2.23. The van der Waals surface area contributed by atoms with Crippen LogP contribution in [0.1, 0.15) is 13.8 Å². The maximum atomic E-state index is 11.2. The molecule has 0 aliphatic heterocycles. The zero-order valence-corrected chi connectivity index (χ0v) is 9.47. The van der Waals surface area contributed by atoms with Gasteiger partial charge in [-0.25, -0.2) is 4.99 Å². The average molecular weight is 212 g/mol. The smallest absolute Gasteiger partial charge is 0.242 e. The fourth-order valence-corrected chi connectivity index (χ4v) is 0.902. The van der Waals surface area contributed by atoms with Gasteiger partial charge in [0, 0.05) is 19.6 Å². The topological polar surface area (TPSA) is 65.5 Å². The Morgan fingerprint density at radius 2 is 1.87 bits per heavy atom. The van der Waals surface area contributed by atoms with E-state index >= 15 is 0 Å². The number of aliphatic imine (C=N–C) groups is 1. The number of hydrogen-bond donors (Lipinski definition) is 3. The Morgan fingerprint density at radius 1 is 1.27 bits per heavy atom. The summed E-state index contributed by atoms with van der Waals surface area (Å²) in [4.78, 5) is 15.3. The molecule has 0 unspecified atom stereocenters. The van der Waals surface area contributed by atoms with Gasteiger partial charge < -0.3 is 16.0 Å². The summed E-state index contributed by atoms with van der Waals surface area (Å²) in [7, 11) is 0. The number of amides is 1. The Morgan fingerprint density at radius 3 is 2.33 bits per heavy atom. The summed E-state index contributed by atoms with van der Waals surface area (Å²) in [6, 6.07) is 0. The maximum Gasteiger partial charge on any atom is 0.242 e. The van der Waals surface area contributed by atoms with Crippen molar-refractivity contribution in [3.05, 3.63) is 12.7 Å². The van der Waals surface area contributed by atoms with Gasteiger partial charge in [-0.15, -0.1) is 6.58 Å². The Labute approximate surface area is 91.0 Å². The molecule has 0 aromatic heterocycles. The summed E-state index contributed by atoms with van der Waals surface area (Å²) in [6.07, 6.45) is 1.64. The monoisotopic (exact) mass is 212 g/mol. The van der Waals surface area contributed by atoms with E-state index in [1.54, 1.807) is 6.08 Å². The van der Waals surface area contributed by atoms with Crippen LogP contribution in [0, 0.1) is 0 Å². The van der Waals surface area contributed by atoms with Gasteiger partial charge >= 0.3 is 0 Å². The van der Waals surface area contributed by atoms with E-state index in [1.807, 2.05) is 13.8 Å². The molecule has 0 aliphatic carbocycles. The van der Waals surface area contributed by atoms with Crippen molar-refractivity contribution in [2.45, 2.75) is 13.8 Å². The predicted molar refractivity (Wildman–Crippen MR) is 62.9 cm³/mol. The van der Waals surface area contributed by atoms with Gasteiger partial charge in [0.2, 0.25) is 5.91 Å². The summed E-state index contributed by atoms with van der Waals surface area (Å²) in [5.74, 6) is 0.553. The van der Waals surface area contributed by atoms with Crippen molar-refractivity contribution >= 4 is 11.9 Å². The first kappa shape index (κ1) is 13.5. The first-order valence-electron chi connectivity index (χ1n) is 5.14. The summed E-state index contributed by atoms with van der Waals surface area (Å²) in [5, 5.41) is 8.72. The SMILES string of the molecule is C=CCNC(=O)CN=C(NCC)NCC. The van der Waals surface area contributed by atoms with Gasteiger partial charge in [0.05, 0.1) is 0 Å². The lowest BCUT2D eigenvalue weighted by Gasteiger charge is -2.08. The van der Waals surface area contributed by atoms with Gasteiger partial charge in [-0.2, -0.15) is 0 Å². The third-order valence-electron chi connectivity index (χ3n) is 1.51. The Hall–Kier alpha value is -1.52. The van der Waals surface area contributed by atoms with Crippen LogP contribution in [-0.4, -0.2) is 38.0 Å². The van der Waals surface area contributed by atoms with Gasteiger partial charge in [0.25, 0.3) is 0 Å². The number of guanidine groups is 1. The van der Waals surface area contributed by atoms with Crippen LogP contribution in [0.15, 0.2) is 17.6 Å². The molecule has 1 amide bonds. The summed E-state index contributed by atoms with van der Waals surface area (Å²) >= 11 is 0. The maximum absolute atomic E-state index is 11.2. The largest absolute Gasteiger partial charge is 0.357 e. The van der Waals surface area contributed by atoms with Gasteiger partial charge in [0.1, 0.15) is 6.54 Å². The highest BCUT2D eigenvalue weighted by Gasteiger charge is 1.99.